The second-order valence-electron chi connectivity index (χ2n) is 3.77. The van der Waals surface area contributed by atoms with Crippen LogP contribution >= 0.6 is 0 Å². The highest BCUT2D eigenvalue weighted by atomic mass is 16.3. The van der Waals surface area contributed by atoms with Crippen molar-refractivity contribution in [3.05, 3.63) is 24.0 Å². The monoisotopic (exact) mass is 222 g/mol. The van der Waals surface area contributed by atoms with Gasteiger partial charge in [-0.05, 0) is 18.6 Å². The first-order chi connectivity index (χ1) is 7.70. The number of anilines is 1. The lowest BCUT2D eigenvalue weighted by Gasteiger charge is -2.14. The van der Waals surface area contributed by atoms with Crippen molar-refractivity contribution in [1.29, 1.82) is 0 Å². The van der Waals surface area contributed by atoms with Crippen molar-refractivity contribution in [2.24, 2.45) is 5.84 Å². The molecule has 1 aromatic heterocycles. The zero-order valence-electron chi connectivity index (χ0n) is 8.76. The number of rotatable bonds is 2. The molecule has 0 radical (unpaired) electrons. The number of β-amino-alcohol motifs (C(OH)–C–C–N with tert-alkyl or cyclic N) is 1. The molecule has 1 fully saturated rings. The third-order valence-electron chi connectivity index (χ3n) is 2.60. The molecule has 4 N–H and O–H groups in total. The topological polar surface area (TPSA) is 91.5 Å². The zero-order chi connectivity index (χ0) is 11.5. The van der Waals surface area contributed by atoms with Gasteiger partial charge in [0.05, 0.1) is 18.0 Å². The first-order valence-electron chi connectivity index (χ1n) is 5.10. The third-order valence-corrected chi connectivity index (χ3v) is 2.60. The van der Waals surface area contributed by atoms with Crippen LogP contribution in [0.15, 0.2) is 18.3 Å². The van der Waals surface area contributed by atoms with Gasteiger partial charge in [0.2, 0.25) is 0 Å². The first kappa shape index (κ1) is 10.8. The van der Waals surface area contributed by atoms with Gasteiger partial charge in [-0.2, -0.15) is 0 Å². The zero-order valence-corrected chi connectivity index (χ0v) is 8.76. The molecule has 1 saturated heterocycles. The molecule has 2 rings (SSSR count). The Bertz CT molecular complexity index is 379. The largest absolute Gasteiger partial charge is 0.391 e. The summed E-state index contributed by atoms with van der Waals surface area (Å²) in [5.41, 5.74) is 3.46. The number of hydrazine groups is 1. The van der Waals surface area contributed by atoms with E-state index in [9.17, 15) is 9.90 Å². The van der Waals surface area contributed by atoms with Gasteiger partial charge in [0.1, 0.15) is 5.69 Å². The van der Waals surface area contributed by atoms with Crippen LogP contribution in [0.5, 0.6) is 0 Å². The van der Waals surface area contributed by atoms with Crippen molar-refractivity contribution in [2.75, 3.05) is 18.5 Å². The van der Waals surface area contributed by atoms with Gasteiger partial charge in [0.25, 0.3) is 5.91 Å². The van der Waals surface area contributed by atoms with Crippen LogP contribution in [0.1, 0.15) is 16.9 Å². The number of aliphatic hydroxyl groups excluding tert-OH is 1. The quantitative estimate of drug-likeness (QED) is 0.466. The summed E-state index contributed by atoms with van der Waals surface area (Å²) in [6.07, 6.45) is 1.72. The molecule has 86 valence electrons. The van der Waals surface area contributed by atoms with Crippen molar-refractivity contribution < 1.29 is 9.90 Å². The molecule has 1 aliphatic rings. The van der Waals surface area contributed by atoms with Crippen LogP contribution < -0.4 is 11.3 Å². The number of pyridine rings is 1. The summed E-state index contributed by atoms with van der Waals surface area (Å²) >= 11 is 0. The van der Waals surface area contributed by atoms with E-state index in [1.165, 1.54) is 6.20 Å². The molecule has 16 heavy (non-hydrogen) atoms. The molecule has 0 spiro atoms. The Morgan fingerprint density at radius 2 is 2.44 bits per heavy atom. The van der Waals surface area contributed by atoms with Crippen molar-refractivity contribution >= 4 is 11.6 Å². The molecule has 1 aromatic rings. The van der Waals surface area contributed by atoms with Gasteiger partial charge < -0.3 is 15.4 Å². The highest BCUT2D eigenvalue weighted by molar-refractivity contribution is 5.92. The summed E-state index contributed by atoms with van der Waals surface area (Å²) in [7, 11) is 0. The minimum absolute atomic E-state index is 0.153. The Hall–Kier alpha value is -1.66. The number of nitrogen functional groups attached to an aromatic ring is 1. The fraction of sp³-hybridized carbons (Fsp3) is 0.400. The second kappa shape index (κ2) is 4.46. The fourth-order valence-electron chi connectivity index (χ4n) is 1.69. The number of nitrogens with zero attached hydrogens (tertiary/aromatic N) is 2. The van der Waals surface area contributed by atoms with Crippen LogP contribution in [0.4, 0.5) is 5.69 Å². The average Bonchev–Trinajstić information content (AvgIpc) is 2.75. The lowest BCUT2D eigenvalue weighted by Crippen LogP contribution is -2.30. The standard InChI is InChI=1S/C10H14N4O2/c11-13-7-1-2-9(12-5-7)10(16)14-4-3-8(15)6-14/h1-2,5,8,13,15H,3-4,6,11H2. The molecule has 1 unspecified atom stereocenters. The van der Waals surface area contributed by atoms with E-state index in [0.29, 0.717) is 30.9 Å². The van der Waals surface area contributed by atoms with E-state index < -0.39 is 6.10 Å². The molecule has 1 atom stereocenters. The number of carbonyl (C=O) groups excluding carboxylic acids is 1. The maximum Gasteiger partial charge on any atom is 0.272 e. The number of hydrogen-bond donors (Lipinski definition) is 3. The summed E-state index contributed by atoms with van der Waals surface area (Å²) in [6.45, 7) is 0.968. The van der Waals surface area contributed by atoms with Crippen LogP contribution in [0.3, 0.4) is 0 Å². The van der Waals surface area contributed by atoms with Crippen LogP contribution in [-0.4, -0.2) is 40.1 Å². The van der Waals surface area contributed by atoms with E-state index in [2.05, 4.69) is 10.4 Å². The predicted octanol–water partition coefficient (Wildman–Crippen LogP) is -0.426. The van der Waals surface area contributed by atoms with E-state index in [1.54, 1.807) is 17.0 Å². The Labute approximate surface area is 93.0 Å². The van der Waals surface area contributed by atoms with Gasteiger partial charge in [-0.25, -0.2) is 4.98 Å². The number of carbonyl (C=O) groups is 1. The van der Waals surface area contributed by atoms with E-state index in [-0.39, 0.29) is 5.91 Å². The predicted molar refractivity (Wildman–Crippen MR) is 58.6 cm³/mol. The molecule has 1 aliphatic heterocycles. The van der Waals surface area contributed by atoms with Gasteiger partial charge in [0, 0.05) is 13.1 Å². The Balaban J connectivity index is 2.08. The first-order valence-corrected chi connectivity index (χ1v) is 5.10. The van der Waals surface area contributed by atoms with E-state index in [1.807, 2.05) is 0 Å². The lowest BCUT2D eigenvalue weighted by atomic mass is 10.3. The number of likely N-dealkylation sites (tertiary alicyclic amines) is 1. The minimum atomic E-state index is -0.408. The molecule has 0 aromatic carbocycles. The van der Waals surface area contributed by atoms with Gasteiger partial charge >= 0.3 is 0 Å². The van der Waals surface area contributed by atoms with Gasteiger partial charge in [0.15, 0.2) is 0 Å². The minimum Gasteiger partial charge on any atom is -0.391 e. The molecule has 6 heteroatoms. The Morgan fingerprint density at radius 3 is 2.94 bits per heavy atom. The number of amides is 1. The molecule has 0 bridgehead atoms. The smallest absolute Gasteiger partial charge is 0.272 e. The lowest BCUT2D eigenvalue weighted by molar-refractivity contribution is 0.0759. The highest BCUT2D eigenvalue weighted by Gasteiger charge is 2.25. The fourth-order valence-corrected chi connectivity index (χ4v) is 1.69. The summed E-state index contributed by atoms with van der Waals surface area (Å²) in [6, 6.07) is 3.30. The number of aromatic nitrogens is 1. The molecule has 0 saturated carbocycles. The number of nitrogens with one attached hydrogen (secondary N) is 1. The molecule has 1 amide bonds. The normalized spacial score (nSPS) is 19.9. The average molecular weight is 222 g/mol. The summed E-state index contributed by atoms with van der Waals surface area (Å²) in [5.74, 6) is 5.05. The number of aliphatic hydroxyl groups is 1. The second-order valence-corrected chi connectivity index (χ2v) is 3.77. The van der Waals surface area contributed by atoms with E-state index in [0.717, 1.165) is 0 Å². The third kappa shape index (κ3) is 2.12. The van der Waals surface area contributed by atoms with Gasteiger partial charge in [-0.1, -0.05) is 0 Å². The highest BCUT2D eigenvalue weighted by Crippen LogP contribution is 2.13. The van der Waals surface area contributed by atoms with Crippen molar-refractivity contribution in [3.63, 3.8) is 0 Å². The molecule has 2 heterocycles. The molecular formula is C10H14N4O2. The molecular weight excluding hydrogens is 208 g/mol. The maximum absolute atomic E-state index is 11.9. The van der Waals surface area contributed by atoms with Crippen molar-refractivity contribution in [3.8, 4) is 0 Å². The summed E-state index contributed by atoms with van der Waals surface area (Å²) in [5, 5.41) is 9.34. The number of nitrogens with two attached hydrogens (primary N) is 1. The van der Waals surface area contributed by atoms with Crippen LogP contribution in [0.25, 0.3) is 0 Å². The molecule has 6 nitrogen and oxygen atoms in total. The van der Waals surface area contributed by atoms with Crippen molar-refractivity contribution in [2.45, 2.75) is 12.5 Å². The van der Waals surface area contributed by atoms with Gasteiger partial charge in [-0.3, -0.25) is 10.6 Å². The summed E-state index contributed by atoms with van der Waals surface area (Å²) < 4.78 is 0. The van der Waals surface area contributed by atoms with E-state index >= 15 is 0 Å². The summed E-state index contributed by atoms with van der Waals surface area (Å²) in [4.78, 5) is 17.5. The Kier molecular flexibility index (Phi) is 3.02. The SMILES string of the molecule is NNc1ccc(C(=O)N2CCC(O)C2)nc1. The van der Waals surface area contributed by atoms with Gasteiger partial charge in [-0.15, -0.1) is 0 Å². The van der Waals surface area contributed by atoms with E-state index in [4.69, 9.17) is 5.84 Å². The Morgan fingerprint density at radius 1 is 1.62 bits per heavy atom. The maximum atomic E-state index is 11.9. The number of hydrogen-bond acceptors (Lipinski definition) is 5. The van der Waals surface area contributed by atoms with Crippen LogP contribution in [0.2, 0.25) is 0 Å². The van der Waals surface area contributed by atoms with Crippen LogP contribution in [0, 0.1) is 0 Å². The van der Waals surface area contributed by atoms with Crippen LogP contribution in [-0.2, 0) is 0 Å². The van der Waals surface area contributed by atoms with Crippen molar-refractivity contribution in [1.82, 2.24) is 9.88 Å². The molecule has 0 aliphatic carbocycles.